The van der Waals surface area contributed by atoms with Gasteiger partial charge in [-0.3, -0.25) is 0 Å². The van der Waals surface area contributed by atoms with Crippen LogP contribution in [-0.2, 0) is 6.54 Å². The zero-order chi connectivity index (χ0) is 12.4. The standard InChI is InChI=1S/C12H9Cl2N3/c1-2-6-17-7-16-11(12(17)15)8-4-3-5-9(13)10(8)14/h1,3-5,7H,6,15H2. The quantitative estimate of drug-likeness (QED) is 0.849. The van der Waals surface area contributed by atoms with Gasteiger partial charge in [0.2, 0.25) is 0 Å². The number of terminal acetylenes is 1. The van der Waals surface area contributed by atoms with Crippen LogP contribution in [0.5, 0.6) is 0 Å². The summed E-state index contributed by atoms with van der Waals surface area (Å²) in [5, 5.41) is 0.905. The van der Waals surface area contributed by atoms with Gasteiger partial charge < -0.3 is 10.3 Å². The second kappa shape index (κ2) is 4.70. The van der Waals surface area contributed by atoms with E-state index in [0.717, 1.165) is 0 Å². The molecule has 0 amide bonds. The lowest BCUT2D eigenvalue weighted by Crippen LogP contribution is -2.00. The van der Waals surface area contributed by atoms with Crippen molar-refractivity contribution in [1.82, 2.24) is 9.55 Å². The van der Waals surface area contributed by atoms with Crippen LogP contribution in [0.2, 0.25) is 10.0 Å². The third-order valence-corrected chi connectivity index (χ3v) is 3.17. The maximum Gasteiger partial charge on any atom is 0.132 e. The highest BCUT2D eigenvalue weighted by molar-refractivity contribution is 6.43. The fourth-order valence-corrected chi connectivity index (χ4v) is 1.90. The Bertz CT molecular complexity index is 596. The molecule has 5 heteroatoms. The Morgan fingerprint density at radius 1 is 1.41 bits per heavy atom. The van der Waals surface area contributed by atoms with Crippen LogP contribution < -0.4 is 5.73 Å². The summed E-state index contributed by atoms with van der Waals surface area (Å²) in [5.74, 6) is 2.98. The molecule has 0 saturated heterocycles. The molecule has 0 aliphatic carbocycles. The molecule has 0 fully saturated rings. The van der Waals surface area contributed by atoms with E-state index in [1.165, 1.54) is 0 Å². The van der Waals surface area contributed by atoms with Gasteiger partial charge in [-0.2, -0.15) is 0 Å². The first-order valence-electron chi connectivity index (χ1n) is 4.83. The molecule has 1 aromatic carbocycles. The largest absolute Gasteiger partial charge is 0.383 e. The predicted octanol–water partition coefficient (Wildman–Crippen LogP) is 3.07. The Balaban J connectivity index is 2.55. The summed E-state index contributed by atoms with van der Waals surface area (Å²) in [7, 11) is 0. The number of nitrogen functional groups attached to an aromatic ring is 1. The topological polar surface area (TPSA) is 43.8 Å². The molecule has 1 heterocycles. The van der Waals surface area contributed by atoms with Crippen LogP contribution in [0.3, 0.4) is 0 Å². The Kier molecular flexibility index (Phi) is 3.28. The molecule has 2 N–H and O–H groups in total. The zero-order valence-electron chi connectivity index (χ0n) is 8.82. The van der Waals surface area contributed by atoms with Crippen molar-refractivity contribution in [2.24, 2.45) is 0 Å². The number of nitrogens with two attached hydrogens (primary N) is 1. The van der Waals surface area contributed by atoms with E-state index >= 15 is 0 Å². The first-order chi connectivity index (χ1) is 8.15. The maximum absolute atomic E-state index is 6.11. The number of rotatable bonds is 2. The van der Waals surface area contributed by atoms with Gasteiger partial charge in [0.25, 0.3) is 0 Å². The summed E-state index contributed by atoms with van der Waals surface area (Å²) in [5.41, 5.74) is 7.24. The number of nitrogens with zero attached hydrogens (tertiary/aromatic N) is 2. The highest BCUT2D eigenvalue weighted by Crippen LogP contribution is 2.35. The molecule has 0 unspecified atom stereocenters. The van der Waals surface area contributed by atoms with Gasteiger partial charge in [0.05, 0.1) is 22.9 Å². The Hall–Kier alpha value is -1.63. The molecule has 17 heavy (non-hydrogen) atoms. The van der Waals surface area contributed by atoms with Crippen molar-refractivity contribution in [2.45, 2.75) is 6.54 Å². The van der Waals surface area contributed by atoms with Crippen molar-refractivity contribution < 1.29 is 0 Å². The zero-order valence-corrected chi connectivity index (χ0v) is 10.3. The van der Waals surface area contributed by atoms with Gasteiger partial charge >= 0.3 is 0 Å². The molecule has 1 aromatic heterocycles. The van der Waals surface area contributed by atoms with E-state index in [4.69, 9.17) is 35.4 Å². The highest BCUT2D eigenvalue weighted by Gasteiger charge is 2.13. The fraction of sp³-hybridized carbons (Fsp3) is 0.0833. The average Bonchev–Trinajstić information content (AvgIpc) is 2.66. The van der Waals surface area contributed by atoms with Crippen molar-refractivity contribution in [3.05, 3.63) is 34.6 Å². The summed E-state index contributed by atoms with van der Waals surface area (Å²) in [6.07, 6.45) is 6.82. The second-order valence-corrected chi connectivity index (χ2v) is 4.20. The van der Waals surface area contributed by atoms with Gasteiger partial charge in [-0.15, -0.1) is 6.42 Å². The third kappa shape index (κ3) is 2.10. The van der Waals surface area contributed by atoms with Gasteiger partial charge in [-0.1, -0.05) is 41.3 Å². The lowest BCUT2D eigenvalue weighted by Gasteiger charge is -2.05. The first kappa shape index (κ1) is 11.8. The Morgan fingerprint density at radius 2 is 2.18 bits per heavy atom. The van der Waals surface area contributed by atoms with Crippen LogP contribution in [-0.4, -0.2) is 9.55 Å². The van der Waals surface area contributed by atoms with Crippen LogP contribution in [0.4, 0.5) is 5.82 Å². The van der Waals surface area contributed by atoms with Gasteiger partial charge in [0, 0.05) is 5.56 Å². The van der Waals surface area contributed by atoms with Crippen molar-refractivity contribution in [1.29, 1.82) is 0 Å². The minimum absolute atomic E-state index is 0.372. The molecule has 0 atom stereocenters. The number of hydrogen-bond acceptors (Lipinski definition) is 2. The Morgan fingerprint density at radius 3 is 2.88 bits per heavy atom. The molecule has 3 nitrogen and oxygen atoms in total. The van der Waals surface area contributed by atoms with Crippen LogP contribution in [0, 0.1) is 12.3 Å². The molecule has 0 radical (unpaired) electrons. The number of benzene rings is 1. The van der Waals surface area contributed by atoms with Crippen molar-refractivity contribution in [2.75, 3.05) is 5.73 Å². The monoisotopic (exact) mass is 265 g/mol. The van der Waals surface area contributed by atoms with E-state index in [0.29, 0.717) is 33.7 Å². The molecule has 0 bridgehead atoms. The fourth-order valence-electron chi connectivity index (χ4n) is 1.51. The van der Waals surface area contributed by atoms with E-state index in [1.54, 1.807) is 23.0 Å². The van der Waals surface area contributed by atoms with E-state index in [-0.39, 0.29) is 0 Å². The maximum atomic E-state index is 6.11. The smallest absolute Gasteiger partial charge is 0.132 e. The first-order valence-corrected chi connectivity index (χ1v) is 5.59. The normalized spacial score (nSPS) is 10.2. The predicted molar refractivity (Wildman–Crippen MR) is 70.9 cm³/mol. The molecule has 2 aromatic rings. The van der Waals surface area contributed by atoms with Crippen LogP contribution in [0.1, 0.15) is 0 Å². The molecular weight excluding hydrogens is 257 g/mol. The van der Waals surface area contributed by atoms with Gasteiger partial charge in [0.1, 0.15) is 11.5 Å². The lowest BCUT2D eigenvalue weighted by atomic mass is 10.1. The van der Waals surface area contributed by atoms with E-state index < -0.39 is 0 Å². The van der Waals surface area contributed by atoms with E-state index in [2.05, 4.69) is 10.9 Å². The molecule has 0 aliphatic heterocycles. The number of aromatic nitrogens is 2. The lowest BCUT2D eigenvalue weighted by molar-refractivity contribution is 0.852. The van der Waals surface area contributed by atoms with Crippen LogP contribution in [0.25, 0.3) is 11.3 Å². The van der Waals surface area contributed by atoms with E-state index in [1.807, 2.05) is 6.07 Å². The molecule has 0 spiro atoms. The van der Waals surface area contributed by atoms with Gasteiger partial charge in [-0.25, -0.2) is 4.98 Å². The number of imidazole rings is 1. The summed E-state index contributed by atoms with van der Waals surface area (Å²) in [4.78, 5) is 4.21. The molecule has 2 rings (SSSR count). The molecule has 0 aliphatic rings. The van der Waals surface area contributed by atoms with Crippen LogP contribution in [0.15, 0.2) is 24.5 Å². The van der Waals surface area contributed by atoms with Crippen LogP contribution >= 0.6 is 23.2 Å². The van der Waals surface area contributed by atoms with Crippen molar-refractivity contribution >= 4 is 29.0 Å². The summed E-state index contributed by atoms with van der Waals surface area (Å²) in [6, 6.07) is 5.32. The second-order valence-electron chi connectivity index (χ2n) is 3.41. The third-order valence-electron chi connectivity index (χ3n) is 2.35. The summed E-state index contributed by atoms with van der Waals surface area (Å²) in [6.45, 7) is 0.372. The Labute approximate surface area is 109 Å². The number of halogens is 2. The summed E-state index contributed by atoms with van der Waals surface area (Å²) < 4.78 is 1.67. The number of anilines is 1. The van der Waals surface area contributed by atoms with Crippen molar-refractivity contribution in [3.63, 3.8) is 0 Å². The van der Waals surface area contributed by atoms with Gasteiger partial charge in [0.15, 0.2) is 0 Å². The SMILES string of the molecule is C#CCn1cnc(-c2cccc(Cl)c2Cl)c1N. The molecule has 0 saturated carbocycles. The van der Waals surface area contributed by atoms with E-state index in [9.17, 15) is 0 Å². The summed E-state index contributed by atoms with van der Waals surface area (Å²) >= 11 is 12.1. The van der Waals surface area contributed by atoms with Gasteiger partial charge in [-0.05, 0) is 6.07 Å². The minimum atomic E-state index is 0.372. The number of hydrogen-bond donors (Lipinski definition) is 1. The van der Waals surface area contributed by atoms with Crippen molar-refractivity contribution in [3.8, 4) is 23.6 Å². The minimum Gasteiger partial charge on any atom is -0.383 e. The average molecular weight is 266 g/mol. The molecule has 86 valence electrons. The highest BCUT2D eigenvalue weighted by atomic mass is 35.5. The molecular formula is C12H9Cl2N3.